The molecule has 0 spiro atoms. The number of unbranched alkanes of at least 4 members (excludes halogenated alkanes) is 13. The van der Waals surface area contributed by atoms with Crippen molar-refractivity contribution in [2.45, 2.75) is 173 Å². The first kappa shape index (κ1) is 33.2. The molecule has 0 radical (unpaired) electrons. The van der Waals surface area contributed by atoms with Crippen LogP contribution in [-0.4, -0.2) is 79.8 Å². The first-order valence-corrected chi connectivity index (χ1v) is 16.0. The average Bonchev–Trinajstić information content (AvgIpc) is 3.37. The normalized spacial score (nSPS) is 29.8. The summed E-state index contributed by atoms with van der Waals surface area (Å²) in [5.41, 5.74) is 0. The molecule has 0 aliphatic carbocycles. The molecule has 0 aromatic carbocycles. The highest BCUT2D eigenvalue weighted by atomic mass is 16.9. The van der Waals surface area contributed by atoms with Crippen LogP contribution >= 0.6 is 0 Å². The third kappa shape index (κ3) is 11.8. The minimum atomic E-state index is -0.736. The van der Waals surface area contributed by atoms with Gasteiger partial charge in [-0.1, -0.05) is 90.4 Å². The van der Waals surface area contributed by atoms with Gasteiger partial charge < -0.3 is 38.8 Å². The molecule has 3 rings (SSSR count). The predicted octanol–water partition coefficient (Wildman–Crippen LogP) is 5.83. The minimum Gasteiger partial charge on any atom is -0.389 e. The lowest BCUT2D eigenvalue weighted by atomic mass is 9.99. The molecule has 3 heterocycles. The Labute approximate surface area is 238 Å². The summed E-state index contributed by atoms with van der Waals surface area (Å²) in [6, 6.07) is 0. The van der Waals surface area contributed by atoms with Gasteiger partial charge in [0.05, 0.1) is 19.3 Å². The number of hydrogen-bond acceptors (Lipinski definition) is 8. The largest absolute Gasteiger partial charge is 0.389 e. The summed E-state index contributed by atoms with van der Waals surface area (Å²) in [5, 5.41) is 13.7. The highest BCUT2D eigenvalue weighted by Crippen LogP contribution is 2.44. The summed E-state index contributed by atoms with van der Waals surface area (Å²) in [6.45, 7) is 11.8. The van der Waals surface area contributed by atoms with Gasteiger partial charge in [0.25, 0.3) is 0 Å². The Morgan fingerprint density at radius 2 is 1.21 bits per heavy atom. The molecule has 3 aliphatic heterocycles. The van der Waals surface area contributed by atoms with Crippen LogP contribution in [0.5, 0.6) is 0 Å². The molecule has 3 aliphatic rings. The van der Waals surface area contributed by atoms with Gasteiger partial charge in [0.1, 0.15) is 24.4 Å². The summed E-state index contributed by atoms with van der Waals surface area (Å²) >= 11 is 0. The maximum Gasteiger partial charge on any atom is 0.190 e. The third-order valence-electron chi connectivity index (χ3n) is 7.93. The van der Waals surface area contributed by atoms with Crippen LogP contribution in [0.4, 0.5) is 0 Å². The molecule has 0 bridgehead atoms. The fourth-order valence-electron chi connectivity index (χ4n) is 5.92. The van der Waals surface area contributed by atoms with Gasteiger partial charge >= 0.3 is 0 Å². The zero-order chi connectivity index (χ0) is 28.1. The van der Waals surface area contributed by atoms with Gasteiger partial charge in [-0.3, -0.25) is 0 Å². The number of nitrogens with one attached hydrogen (secondary N) is 1. The zero-order valence-electron chi connectivity index (χ0n) is 25.6. The lowest BCUT2D eigenvalue weighted by Gasteiger charge is -2.37. The Bertz CT molecular complexity index is 661. The van der Waals surface area contributed by atoms with Crippen molar-refractivity contribution in [2.24, 2.45) is 0 Å². The van der Waals surface area contributed by atoms with Gasteiger partial charge in [0.2, 0.25) is 0 Å². The van der Waals surface area contributed by atoms with Crippen LogP contribution in [0.1, 0.15) is 125 Å². The molecule has 8 nitrogen and oxygen atoms in total. The Hall–Kier alpha value is -0.320. The summed E-state index contributed by atoms with van der Waals surface area (Å²) < 4.78 is 36.2. The van der Waals surface area contributed by atoms with E-state index in [9.17, 15) is 5.11 Å². The van der Waals surface area contributed by atoms with Crippen LogP contribution < -0.4 is 5.32 Å². The summed E-state index contributed by atoms with van der Waals surface area (Å²) in [7, 11) is 0. The molecule has 0 aromatic heterocycles. The quantitative estimate of drug-likeness (QED) is 0.170. The monoisotopic (exact) mass is 557 g/mol. The second-order valence-corrected chi connectivity index (χ2v) is 12.7. The number of aliphatic hydroxyl groups is 1. The lowest BCUT2D eigenvalue weighted by Crippen LogP contribution is -2.56. The molecule has 6 atom stereocenters. The maximum atomic E-state index is 10.4. The van der Waals surface area contributed by atoms with Crippen LogP contribution in [0.15, 0.2) is 0 Å². The zero-order valence-corrected chi connectivity index (χ0v) is 25.6. The van der Waals surface area contributed by atoms with Gasteiger partial charge in [-0.05, 0) is 40.7 Å². The van der Waals surface area contributed by atoms with E-state index in [0.717, 1.165) is 13.0 Å². The molecule has 230 valence electrons. The van der Waals surface area contributed by atoms with Crippen LogP contribution in [0, 0.1) is 0 Å². The van der Waals surface area contributed by atoms with Crippen LogP contribution in [0.3, 0.4) is 0 Å². The van der Waals surface area contributed by atoms with E-state index >= 15 is 0 Å². The van der Waals surface area contributed by atoms with E-state index in [2.05, 4.69) is 12.2 Å². The topological polar surface area (TPSA) is 87.6 Å². The van der Waals surface area contributed by atoms with Gasteiger partial charge in [-0.15, -0.1) is 0 Å². The van der Waals surface area contributed by atoms with E-state index < -0.39 is 24.0 Å². The van der Waals surface area contributed by atoms with E-state index in [1.54, 1.807) is 0 Å². The fraction of sp³-hybridized carbons (Fsp3) is 1.00. The first-order valence-electron chi connectivity index (χ1n) is 16.0. The number of fused-ring (bicyclic) bond motifs is 3. The van der Waals surface area contributed by atoms with Crippen molar-refractivity contribution in [3.05, 3.63) is 0 Å². The van der Waals surface area contributed by atoms with Gasteiger partial charge in [-0.25, -0.2) is 0 Å². The maximum absolute atomic E-state index is 10.4. The van der Waals surface area contributed by atoms with E-state index in [1.165, 1.54) is 83.5 Å². The van der Waals surface area contributed by atoms with Crippen LogP contribution in [0.25, 0.3) is 0 Å². The lowest BCUT2D eigenvalue weighted by molar-refractivity contribution is -0.243. The van der Waals surface area contributed by atoms with Gasteiger partial charge in [-0.2, -0.15) is 0 Å². The first-order chi connectivity index (χ1) is 18.7. The third-order valence-corrected chi connectivity index (χ3v) is 7.93. The SMILES string of the molecule is CCCCCCCCCCCCCCCCNCC(O)COC[C@H]1O[C@@H]2OC(C)(C)O[C@@H]2[C@H]2OC(C)(C)O[C@H]21. The molecular formula is C31H59NO7. The smallest absolute Gasteiger partial charge is 0.190 e. The standard InChI is InChI=1S/C31H59NO7/c1-6-7-8-9-10-11-12-13-14-15-16-17-18-19-20-32-21-24(33)22-34-23-25-26-27(37-30(2,3)36-26)28-29(35-25)39-31(4,5)38-28/h24-29,32-33H,6-23H2,1-5H3/t24?,25-,26+,27+,28-,29-/m1/s1. The van der Waals surface area contributed by atoms with Crippen LogP contribution in [-0.2, 0) is 28.4 Å². The summed E-state index contributed by atoms with van der Waals surface area (Å²) in [6.07, 6.45) is 16.7. The number of aliphatic hydroxyl groups excluding tert-OH is 1. The van der Waals surface area contributed by atoms with E-state index in [4.69, 9.17) is 28.4 Å². The molecule has 3 fully saturated rings. The van der Waals surface area contributed by atoms with Crippen molar-refractivity contribution in [2.75, 3.05) is 26.3 Å². The van der Waals surface area contributed by atoms with Gasteiger partial charge in [0.15, 0.2) is 17.9 Å². The molecule has 1 unspecified atom stereocenters. The van der Waals surface area contributed by atoms with Crippen molar-refractivity contribution < 1.29 is 33.5 Å². The summed E-state index contributed by atoms with van der Waals surface area (Å²) in [5.74, 6) is -1.46. The Morgan fingerprint density at radius 1 is 0.692 bits per heavy atom. The van der Waals surface area contributed by atoms with Crippen LogP contribution in [0.2, 0.25) is 0 Å². The van der Waals surface area contributed by atoms with Gasteiger partial charge in [0, 0.05) is 6.54 Å². The van der Waals surface area contributed by atoms with Crippen molar-refractivity contribution in [3.8, 4) is 0 Å². The van der Waals surface area contributed by atoms with E-state index in [1.807, 2.05) is 27.7 Å². The molecular weight excluding hydrogens is 498 g/mol. The Morgan fingerprint density at radius 3 is 1.82 bits per heavy atom. The second-order valence-electron chi connectivity index (χ2n) is 12.7. The fourth-order valence-corrected chi connectivity index (χ4v) is 5.92. The highest BCUT2D eigenvalue weighted by molar-refractivity contribution is 5.00. The second kappa shape index (κ2) is 17.0. The Balaban J connectivity index is 1.16. The average molecular weight is 558 g/mol. The van der Waals surface area contributed by atoms with Crippen molar-refractivity contribution in [1.82, 2.24) is 5.32 Å². The molecule has 8 heteroatoms. The molecule has 0 aromatic rings. The Kier molecular flexibility index (Phi) is 14.4. The molecule has 0 saturated carbocycles. The highest BCUT2D eigenvalue weighted by Gasteiger charge is 2.60. The van der Waals surface area contributed by atoms with E-state index in [-0.39, 0.29) is 31.0 Å². The minimum absolute atomic E-state index is 0.240. The van der Waals surface area contributed by atoms with Crippen molar-refractivity contribution in [1.29, 1.82) is 0 Å². The number of ether oxygens (including phenoxy) is 6. The molecule has 39 heavy (non-hydrogen) atoms. The summed E-state index contributed by atoms with van der Waals surface area (Å²) in [4.78, 5) is 0. The van der Waals surface area contributed by atoms with Crippen molar-refractivity contribution >= 4 is 0 Å². The number of hydrogen-bond donors (Lipinski definition) is 2. The molecule has 3 saturated heterocycles. The molecule has 0 amide bonds. The molecule has 2 N–H and O–H groups in total. The number of rotatable bonds is 21. The van der Waals surface area contributed by atoms with Crippen molar-refractivity contribution in [3.63, 3.8) is 0 Å². The predicted molar refractivity (Wildman–Crippen MR) is 153 cm³/mol. The van der Waals surface area contributed by atoms with E-state index in [0.29, 0.717) is 13.2 Å².